The fourth-order valence-electron chi connectivity index (χ4n) is 5.44. The largest absolute Gasteiger partial charge is 0.463 e. The van der Waals surface area contributed by atoms with Gasteiger partial charge in [-0.3, -0.25) is 4.79 Å². The zero-order chi connectivity index (χ0) is 32.7. The van der Waals surface area contributed by atoms with Crippen molar-refractivity contribution < 1.29 is 33.2 Å². The smallest absolute Gasteiger partial charge is 0.310 e. The van der Waals surface area contributed by atoms with E-state index in [0.29, 0.717) is 13.2 Å². The van der Waals surface area contributed by atoms with Crippen LogP contribution >= 0.6 is 0 Å². The first kappa shape index (κ1) is 33.8. The highest BCUT2D eigenvalue weighted by molar-refractivity contribution is 5.73. The summed E-state index contributed by atoms with van der Waals surface area (Å²) in [4.78, 5) is 16.0. The molecular formula is C37H39N3O7. The molecule has 1 heterocycles. The molecule has 5 atom stereocenters. The van der Waals surface area contributed by atoms with E-state index >= 15 is 0 Å². The van der Waals surface area contributed by atoms with Crippen LogP contribution in [0.2, 0.25) is 0 Å². The molecule has 4 aromatic rings. The van der Waals surface area contributed by atoms with Gasteiger partial charge in [0.05, 0.1) is 32.8 Å². The predicted molar refractivity (Wildman–Crippen MR) is 175 cm³/mol. The summed E-state index contributed by atoms with van der Waals surface area (Å²) in [5.41, 5.74) is 13.2. The van der Waals surface area contributed by atoms with Crippen LogP contribution in [0.3, 0.4) is 0 Å². The quantitative estimate of drug-likeness (QED) is 0.0579. The SMILES string of the molecule is CO[C@H]1O[C@H](COC(=O)Cc2ccccc2CN=[N+]=[N-])[C@@H](OCc2ccccc2)[C@H](OCc2ccccc2)[C@H]1OCc1ccccc1. The van der Waals surface area contributed by atoms with Crippen molar-refractivity contribution in [3.63, 3.8) is 0 Å². The summed E-state index contributed by atoms with van der Waals surface area (Å²) in [6.07, 6.45) is -3.55. The number of hydrogen-bond donors (Lipinski definition) is 0. The molecule has 10 nitrogen and oxygen atoms in total. The summed E-state index contributed by atoms with van der Waals surface area (Å²) in [7, 11) is 1.55. The van der Waals surface area contributed by atoms with E-state index < -0.39 is 36.7 Å². The highest BCUT2D eigenvalue weighted by atomic mass is 16.7. The van der Waals surface area contributed by atoms with E-state index in [2.05, 4.69) is 10.0 Å². The molecule has 0 spiro atoms. The highest BCUT2D eigenvalue weighted by Gasteiger charge is 2.49. The topological polar surface area (TPSA) is 121 Å². The van der Waals surface area contributed by atoms with Crippen LogP contribution in [0.1, 0.15) is 27.8 Å². The van der Waals surface area contributed by atoms with E-state index in [0.717, 1.165) is 27.8 Å². The van der Waals surface area contributed by atoms with Crippen LogP contribution in [-0.4, -0.2) is 50.4 Å². The predicted octanol–water partition coefficient (Wildman–Crippen LogP) is 6.71. The second-order valence-electron chi connectivity index (χ2n) is 11.1. The van der Waals surface area contributed by atoms with Crippen molar-refractivity contribution in [1.82, 2.24) is 0 Å². The zero-order valence-electron chi connectivity index (χ0n) is 26.3. The minimum absolute atomic E-state index is 0.00380. The molecule has 0 aromatic heterocycles. The van der Waals surface area contributed by atoms with Crippen molar-refractivity contribution in [2.45, 2.75) is 63.5 Å². The third-order valence-electron chi connectivity index (χ3n) is 7.85. The first-order chi connectivity index (χ1) is 23.1. The second-order valence-corrected chi connectivity index (χ2v) is 11.1. The van der Waals surface area contributed by atoms with E-state index in [1.54, 1.807) is 7.11 Å². The van der Waals surface area contributed by atoms with Crippen LogP contribution in [0.4, 0.5) is 0 Å². The molecule has 0 N–H and O–H groups in total. The molecule has 0 amide bonds. The van der Waals surface area contributed by atoms with E-state index in [-0.39, 0.29) is 26.2 Å². The number of rotatable bonds is 16. The van der Waals surface area contributed by atoms with Gasteiger partial charge in [0.1, 0.15) is 31.0 Å². The lowest BCUT2D eigenvalue weighted by Crippen LogP contribution is -2.61. The number of carbonyl (C=O) groups is 1. The van der Waals surface area contributed by atoms with Crippen LogP contribution in [-0.2, 0) is 66.0 Å². The molecule has 10 heteroatoms. The molecular weight excluding hydrogens is 598 g/mol. The standard InChI is InChI=1S/C37H39N3O7/c1-42-37-36(46-25-29-17-9-4-10-18-29)35(45-24-28-15-7-3-8-16-28)34(44-23-27-13-5-2-6-14-27)32(47-37)26-43-33(41)21-30-19-11-12-20-31(30)22-39-40-38/h2-20,32,34-37H,21-26H2,1H3/t32-,34-,35+,36-,37+/m1/s1. The number of nitrogens with zero attached hydrogens (tertiary/aromatic N) is 3. The third kappa shape index (κ3) is 9.97. The lowest BCUT2D eigenvalue weighted by molar-refractivity contribution is -0.321. The summed E-state index contributed by atoms with van der Waals surface area (Å²) in [5.74, 6) is -0.457. The number of ether oxygens (including phenoxy) is 6. The fourth-order valence-corrected chi connectivity index (χ4v) is 5.44. The summed E-state index contributed by atoms with van der Waals surface area (Å²) in [6.45, 7) is 0.919. The van der Waals surface area contributed by atoms with Crippen LogP contribution in [0, 0.1) is 0 Å². The van der Waals surface area contributed by atoms with Gasteiger partial charge in [-0.2, -0.15) is 0 Å². The molecule has 0 saturated carbocycles. The lowest BCUT2D eigenvalue weighted by Gasteiger charge is -2.45. The zero-order valence-corrected chi connectivity index (χ0v) is 26.3. The van der Waals surface area contributed by atoms with Crippen LogP contribution in [0.5, 0.6) is 0 Å². The maximum Gasteiger partial charge on any atom is 0.310 e. The molecule has 0 unspecified atom stereocenters. The van der Waals surface area contributed by atoms with E-state index in [1.807, 2.05) is 115 Å². The Bertz CT molecular complexity index is 1570. The molecule has 5 rings (SSSR count). The number of carbonyl (C=O) groups excluding carboxylic acids is 1. The molecule has 1 fully saturated rings. The average Bonchev–Trinajstić information content (AvgIpc) is 3.12. The number of azide groups is 1. The maximum atomic E-state index is 13.1. The second kappa shape index (κ2) is 18.0. The van der Waals surface area contributed by atoms with Gasteiger partial charge < -0.3 is 28.4 Å². The van der Waals surface area contributed by atoms with Crippen LogP contribution in [0.15, 0.2) is 120 Å². The average molecular weight is 638 g/mol. The Balaban J connectivity index is 1.37. The molecule has 0 aliphatic carbocycles. The van der Waals surface area contributed by atoms with Gasteiger partial charge in [-0.05, 0) is 33.3 Å². The van der Waals surface area contributed by atoms with Crippen molar-refractivity contribution in [3.8, 4) is 0 Å². The van der Waals surface area contributed by atoms with Gasteiger partial charge in [-0.1, -0.05) is 120 Å². The Kier molecular flexibility index (Phi) is 12.9. The van der Waals surface area contributed by atoms with Crippen molar-refractivity contribution in [3.05, 3.63) is 154 Å². The van der Waals surface area contributed by atoms with Gasteiger partial charge in [0.15, 0.2) is 6.29 Å². The van der Waals surface area contributed by atoms with Gasteiger partial charge in [-0.15, -0.1) is 0 Å². The Hall–Kier alpha value is -4.54. The summed E-state index contributed by atoms with van der Waals surface area (Å²) in [6, 6.07) is 36.8. The summed E-state index contributed by atoms with van der Waals surface area (Å²) in [5, 5.41) is 3.64. The van der Waals surface area contributed by atoms with Crippen LogP contribution < -0.4 is 0 Å². The first-order valence-corrected chi connectivity index (χ1v) is 15.5. The van der Waals surface area contributed by atoms with Gasteiger partial charge in [0.2, 0.25) is 0 Å². The first-order valence-electron chi connectivity index (χ1n) is 15.5. The Morgan fingerprint density at radius 3 is 1.72 bits per heavy atom. The number of hydrogen-bond acceptors (Lipinski definition) is 8. The number of benzene rings is 4. The van der Waals surface area contributed by atoms with Gasteiger partial charge in [-0.25, -0.2) is 0 Å². The minimum atomic E-state index is -0.829. The monoisotopic (exact) mass is 637 g/mol. The highest BCUT2D eigenvalue weighted by Crippen LogP contribution is 2.31. The van der Waals surface area contributed by atoms with Gasteiger partial charge in [0.25, 0.3) is 0 Å². The Labute approximate surface area is 274 Å². The van der Waals surface area contributed by atoms with E-state index in [9.17, 15) is 4.79 Å². The molecule has 244 valence electrons. The van der Waals surface area contributed by atoms with Crippen molar-refractivity contribution in [2.24, 2.45) is 5.11 Å². The number of methoxy groups -OCH3 is 1. The van der Waals surface area contributed by atoms with Crippen molar-refractivity contribution in [1.29, 1.82) is 0 Å². The normalized spacial score (nSPS) is 20.7. The molecule has 0 radical (unpaired) electrons. The summed E-state index contributed by atoms with van der Waals surface area (Å²) < 4.78 is 37.6. The molecule has 47 heavy (non-hydrogen) atoms. The Morgan fingerprint density at radius 1 is 0.702 bits per heavy atom. The Morgan fingerprint density at radius 2 is 1.19 bits per heavy atom. The van der Waals surface area contributed by atoms with Crippen LogP contribution in [0.25, 0.3) is 10.4 Å². The van der Waals surface area contributed by atoms with Gasteiger partial charge in [0, 0.05) is 12.0 Å². The maximum absolute atomic E-state index is 13.1. The number of esters is 1. The molecule has 4 aromatic carbocycles. The minimum Gasteiger partial charge on any atom is -0.463 e. The van der Waals surface area contributed by atoms with Crippen molar-refractivity contribution >= 4 is 5.97 Å². The lowest BCUT2D eigenvalue weighted by atomic mass is 9.97. The van der Waals surface area contributed by atoms with E-state index in [1.165, 1.54) is 0 Å². The summed E-state index contributed by atoms with van der Waals surface area (Å²) >= 11 is 0. The van der Waals surface area contributed by atoms with Crippen molar-refractivity contribution in [2.75, 3.05) is 13.7 Å². The molecule has 0 bridgehead atoms. The van der Waals surface area contributed by atoms with Gasteiger partial charge >= 0.3 is 5.97 Å². The third-order valence-corrected chi connectivity index (χ3v) is 7.85. The van der Waals surface area contributed by atoms with E-state index in [4.69, 9.17) is 34.0 Å². The molecule has 1 aliphatic heterocycles. The molecule has 1 saturated heterocycles. The molecule has 1 aliphatic rings. The fraction of sp³-hybridized carbons (Fsp3) is 0.324.